The molecular weight excluding hydrogens is 282 g/mol. The van der Waals surface area contributed by atoms with Gasteiger partial charge in [0.15, 0.2) is 0 Å². The van der Waals surface area contributed by atoms with Crippen molar-refractivity contribution in [3.63, 3.8) is 0 Å². The van der Waals surface area contributed by atoms with Gasteiger partial charge in [0.25, 0.3) is 0 Å². The van der Waals surface area contributed by atoms with Crippen LogP contribution in [0.4, 0.5) is 0 Å². The van der Waals surface area contributed by atoms with Crippen LogP contribution in [0.25, 0.3) is 10.8 Å². The average Bonchev–Trinajstić information content (AvgIpc) is 2.61. The van der Waals surface area contributed by atoms with Gasteiger partial charge in [0, 0.05) is 6.54 Å². The van der Waals surface area contributed by atoms with Crippen LogP contribution in [0, 0.1) is 0 Å². The molecular formula is C21H21NO. The Morgan fingerprint density at radius 3 is 2.43 bits per heavy atom. The van der Waals surface area contributed by atoms with Gasteiger partial charge in [0.1, 0.15) is 0 Å². The van der Waals surface area contributed by atoms with Crippen LogP contribution in [0.15, 0.2) is 72.8 Å². The SMILES string of the molecule is CC(CNC(=O)Cc1cccc2ccccc12)c1ccccc1. The molecule has 0 bridgehead atoms. The minimum atomic E-state index is 0.0733. The van der Waals surface area contributed by atoms with Gasteiger partial charge in [-0.2, -0.15) is 0 Å². The smallest absolute Gasteiger partial charge is 0.224 e. The van der Waals surface area contributed by atoms with Crippen LogP contribution >= 0.6 is 0 Å². The van der Waals surface area contributed by atoms with E-state index in [-0.39, 0.29) is 5.91 Å². The number of rotatable bonds is 5. The van der Waals surface area contributed by atoms with E-state index in [1.54, 1.807) is 0 Å². The van der Waals surface area contributed by atoms with Gasteiger partial charge < -0.3 is 5.32 Å². The van der Waals surface area contributed by atoms with Crippen LogP contribution in [-0.2, 0) is 11.2 Å². The fourth-order valence-electron chi connectivity index (χ4n) is 2.85. The second-order valence-electron chi connectivity index (χ2n) is 5.93. The molecule has 23 heavy (non-hydrogen) atoms. The van der Waals surface area contributed by atoms with Crippen molar-refractivity contribution in [2.24, 2.45) is 0 Å². The largest absolute Gasteiger partial charge is 0.355 e. The zero-order valence-corrected chi connectivity index (χ0v) is 13.3. The van der Waals surface area contributed by atoms with Gasteiger partial charge in [-0.25, -0.2) is 0 Å². The minimum Gasteiger partial charge on any atom is -0.355 e. The van der Waals surface area contributed by atoms with Crippen LogP contribution < -0.4 is 5.32 Å². The van der Waals surface area contributed by atoms with E-state index in [4.69, 9.17) is 0 Å². The van der Waals surface area contributed by atoms with Gasteiger partial charge in [-0.05, 0) is 27.8 Å². The van der Waals surface area contributed by atoms with Gasteiger partial charge in [0.05, 0.1) is 6.42 Å². The number of carbonyl (C=O) groups is 1. The highest BCUT2D eigenvalue weighted by molar-refractivity contribution is 5.90. The summed E-state index contributed by atoms with van der Waals surface area (Å²) in [6, 6.07) is 24.6. The maximum Gasteiger partial charge on any atom is 0.224 e. The van der Waals surface area contributed by atoms with Crippen LogP contribution in [0.2, 0.25) is 0 Å². The third kappa shape index (κ3) is 3.78. The molecule has 0 fully saturated rings. The van der Waals surface area contributed by atoms with E-state index in [0.29, 0.717) is 18.9 Å². The second kappa shape index (κ2) is 7.10. The minimum absolute atomic E-state index is 0.0733. The molecule has 0 radical (unpaired) electrons. The van der Waals surface area contributed by atoms with Gasteiger partial charge >= 0.3 is 0 Å². The summed E-state index contributed by atoms with van der Waals surface area (Å²) in [5.74, 6) is 0.386. The summed E-state index contributed by atoms with van der Waals surface area (Å²) in [6.07, 6.45) is 0.420. The Morgan fingerprint density at radius 2 is 1.61 bits per heavy atom. The van der Waals surface area contributed by atoms with E-state index in [1.165, 1.54) is 10.9 Å². The third-order valence-corrected chi connectivity index (χ3v) is 4.20. The molecule has 0 spiro atoms. The molecule has 1 atom stereocenters. The number of carbonyl (C=O) groups excluding carboxylic acids is 1. The lowest BCUT2D eigenvalue weighted by atomic mass is 10.0. The first-order chi connectivity index (χ1) is 11.2. The first kappa shape index (κ1) is 15.3. The maximum atomic E-state index is 12.3. The van der Waals surface area contributed by atoms with Crippen molar-refractivity contribution in [3.8, 4) is 0 Å². The molecule has 2 heteroatoms. The predicted molar refractivity (Wildman–Crippen MR) is 95.5 cm³/mol. The lowest BCUT2D eigenvalue weighted by Crippen LogP contribution is -2.28. The molecule has 0 aliphatic carbocycles. The first-order valence-corrected chi connectivity index (χ1v) is 8.02. The maximum absolute atomic E-state index is 12.3. The number of hydrogen-bond donors (Lipinski definition) is 1. The summed E-state index contributed by atoms with van der Waals surface area (Å²) in [6.45, 7) is 2.79. The number of benzene rings is 3. The zero-order valence-electron chi connectivity index (χ0n) is 13.3. The van der Waals surface area contributed by atoms with E-state index in [1.807, 2.05) is 42.5 Å². The van der Waals surface area contributed by atoms with Gasteiger partial charge in [-0.3, -0.25) is 4.79 Å². The lowest BCUT2D eigenvalue weighted by molar-refractivity contribution is -0.120. The van der Waals surface area contributed by atoms with Crippen molar-refractivity contribution in [1.29, 1.82) is 0 Å². The van der Waals surface area contributed by atoms with E-state index in [9.17, 15) is 4.79 Å². The molecule has 0 saturated carbocycles. The molecule has 0 saturated heterocycles. The highest BCUT2D eigenvalue weighted by atomic mass is 16.1. The van der Waals surface area contributed by atoms with Crippen molar-refractivity contribution >= 4 is 16.7 Å². The highest BCUT2D eigenvalue weighted by Gasteiger charge is 2.09. The molecule has 2 nitrogen and oxygen atoms in total. The summed E-state index contributed by atoms with van der Waals surface area (Å²) >= 11 is 0. The van der Waals surface area contributed by atoms with E-state index in [2.05, 4.69) is 42.6 Å². The van der Waals surface area contributed by atoms with Crippen LogP contribution in [0.1, 0.15) is 24.0 Å². The number of fused-ring (bicyclic) bond motifs is 1. The van der Waals surface area contributed by atoms with Crippen LogP contribution in [0.3, 0.4) is 0 Å². The Labute approximate surface area is 137 Å². The Morgan fingerprint density at radius 1 is 0.913 bits per heavy atom. The number of hydrogen-bond acceptors (Lipinski definition) is 1. The van der Waals surface area contributed by atoms with Crippen molar-refractivity contribution < 1.29 is 4.79 Å². The molecule has 1 N–H and O–H groups in total. The molecule has 1 amide bonds. The molecule has 3 rings (SSSR count). The molecule has 116 valence electrons. The number of amides is 1. The first-order valence-electron chi connectivity index (χ1n) is 8.02. The Kier molecular flexibility index (Phi) is 4.72. The molecule has 3 aromatic carbocycles. The van der Waals surface area contributed by atoms with Crippen LogP contribution in [0.5, 0.6) is 0 Å². The highest BCUT2D eigenvalue weighted by Crippen LogP contribution is 2.19. The fraction of sp³-hybridized carbons (Fsp3) is 0.190. The van der Waals surface area contributed by atoms with Gasteiger partial charge in [-0.15, -0.1) is 0 Å². The van der Waals surface area contributed by atoms with Gasteiger partial charge in [0.2, 0.25) is 5.91 Å². The van der Waals surface area contributed by atoms with Crippen molar-refractivity contribution in [3.05, 3.63) is 83.9 Å². The van der Waals surface area contributed by atoms with Gasteiger partial charge in [-0.1, -0.05) is 79.7 Å². The normalized spacial score (nSPS) is 12.0. The summed E-state index contributed by atoms with van der Waals surface area (Å²) in [5, 5.41) is 5.39. The summed E-state index contributed by atoms with van der Waals surface area (Å²) in [4.78, 5) is 12.3. The molecule has 0 aliphatic rings. The summed E-state index contributed by atoms with van der Waals surface area (Å²) in [5.41, 5.74) is 2.32. The van der Waals surface area contributed by atoms with Crippen molar-refractivity contribution in [2.45, 2.75) is 19.3 Å². The Hall–Kier alpha value is -2.61. The van der Waals surface area contributed by atoms with Crippen LogP contribution in [-0.4, -0.2) is 12.5 Å². The predicted octanol–water partition coefficient (Wildman–Crippen LogP) is 4.30. The number of nitrogens with one attached hydrogen (secondary N) is 1. The topological polar surface area (TPSA) is 29.1 Å². The third-order valence-electron chi connectivity index (χ3n) is 4.20. The van der Waals surface area contributed by atoms with E-state index < -0.39 is 0 Å². The lowest BCUT2D eigenvalue weighted by Gasteiger charge is -2.13. The molecule has 0 aromatic heterocycles. The standard InChI is InChI=1S/C21H21NO/c1-16(17-8-3-2-4-9-17)15-22-21(23)14-19-12-7-11-18-10-5-6-13-20(18)19/h2-13,16H,14-15H2,1H3,(H,22,23). The van der Waals surface area contributed by atoms with Crippen molar-refractivity contribution in [2.75, 3.05) is 6.54 Å². The molecule has 1 unspecified atom stereocenters. The average molecular weight is 303 g/mol. The quantitative estimate of drug-likeness (QED) is 0.748. The van der Waals surface area contributed by atoms with E-state index in [0.717, 1.165) is 10.9 Å². The molecule has 0 aliphatic heterocycles. The second-order valence-corrected chi connectivity index (χ2v) is 5.93. The zero-order chi connectivity index (χ0) is 16.1. The fourth-order valence-corrected chi connectivity index (χ4v) is 2.85. The monoisotopic (exact) mass is 303 g/mol. The Bertz CT molecular complexity index is 790. The molecule has 3 aromatic rings. The Balaban J connectivity index is 1.63. The molecule has 0 heterocycles. The summed E-state index contributed by atoms with van der Waals surface area (Å²) in [7, 11) is 0. The van der Waals surface area contributed by atoms with E-state index >= 15 is 0 Å². The van der Waals surface area contributed by atoms with Crippen molar-refractivity contribution in [1.82, 2.24) is 5.32 Å². The summed E-state index contributed by atoms with van der Waals surface area (Å²) < 4.78 is 0.